The fraction of sp³-hybridized carbons (Fsp3) is 0.389. The molecule has 1 atom stereocenters. The SMILES string of the molecule is C1CCNNC1.C1CCSC1.C1CSCCN1.C1CSCCO1.C1CSCCS1.Cc1cc(=O)[nH]c(=O)[nH]1.NC1C=CNC(=O)N1.O=S1(=O)NCc2ccccc21.O=c1cc[nH]c(=O)[nH]1.O=c1ccc2ccccc2o1.c1ccc2c(c1)CNC2.c1ccc2c(c1)CNS2.c1ccc2c(c1)COC2. The number of aryl methyl sites for hydroxylation is 1. The van der Waals surface area contributed by atoms with Crippen molar-refractivity contribution in [1.82, 2.24) is 61.5 Å². The number of thioether (sulfide) groups is 5. The molecule has 10 aliphatic heterocycles. The molecule has 558 valence electrons. The zero-order valence-electron chi connectivity index (χ0n) is 58.0. The van der Waals surface area contributed by atoms with Crippen molar-refractivity contribution >= 4 is 97.8 Å². The lowest BCUT2D eigenvalue weighted by atomic mass is 10.1. The van der Waals surface area contributed by atoms with Crippen LogP contribution in [-0.2, 0) is 58.9 Å². The molecule has 1 unspecified atom stereocenters. The average Bonchev–Trinajstić information content (AvgIpc) is 1.68. The molecule has 8 aromatic rings. The van der Waals surface area contributed by atoms with Crippen molar-refractivity contribution in [3.63, 3.8) is 0 Å². The minimum absolute atomic E-state index is 0.250. The molecule has 0 saturated carbocycles. The van der Waals surface area contributed by atoms with Gasteiger partial charge < -0.3 is 50.9 Å². The van der Waals surface area contributed by atoms with Gasteiger partial charge in [-0.15, -0.1) is 0 Å². The third kappa shape index (κ3) is 37.8. The van der Waals surface area contributed by atoms with Crippen molar-refractivity contribution in [3.05, 3.63) is 255 Å². The van der Waals surface area contributed by atoms with Crippen LogP contribution in [-0.4, -0.2) is 137 Å². The number of urea groups is 1. The third-order valence-corrected chi connectivity index (χ3v) is 22.5. The molecule has 103 heavy (non-hydrogen) atoms. The average molecular weight is 1550 g/mol. The summed E-state index contributed by atoms with van der Waals surface area (Å²) in [6, 6.07) is 45.2. The minimum Gasteiger partial charge on any atom is -0.423 e. The van der Waals surface area contributed by atoms with Crippen LogP contribution in [0, 0.1) is 6.92 Å². The van der Waals surface area contributed by atoms with E-state index in [0.717, 1.165) is 70.1 Å². The number of hydrogen-bond acceptors (Lipinski definition) is 23. The number of carbonyl (C=O) groups excluding carboxylic acids is 1. The molecule has 0 radical (unpaired) electrons. The number of para-hydroxylation sites is 1. The number of hydrogen-bond donors (Lipinski definition) is 13. The highest BCUT2D eigenvalue weighted by Gasteiger charge is 2.24. The Morgan fingerprint density at radius 1 is 0.495 bits per heavy atom. The topological polar surface area (TPSA) is 354 Å². The molecular formula is C72H97N13O11S7. The number of rotatable bonds is 0. The lowest BCUT2D eigenvalue weighted by molar-refractivity contribution is 0.134. The second-order valence-corrected chi connectivity index (χ2v) is 31.4. The van der Waals surface area contributed by atoms with Gasteiger partial charge in [-0.1, -0.05) is 103 Å². The number of carbonyl (C=O) groups is 1. The van der Waals surface area contributed by atoms with E-state index in [9.17, 15) is 37.2 Å². The first-order valence-corrected chi connectivity index (χ1v) is 42.0. The first-order valence-electron chi connectivity index (χ1n) is 33.9. The fourth-order valence-electron chi connectivity index (χ4n) is 9.41. The smallest absolute Gasteiger partial charge is 0.336 e. The first-order chi connectivity index (χ1) is 50.2. The van der Waals surface area contributed by atoms with Gasteiger partial charge in [-0.05, 0) is 120 Å². The van der Waals surface area contributed by atoms with E-state index in [1.807, 2.05) is 76.0 Å². The van der Waals surface area contributed by atoms with E-state index in [-0.39, 0.29) is 28.9 Å². The predicted octanol–water partition coefficient (Wildman–Crippen LogP) is 8.53. The molecule has 3 aromatic heterocycles. The maximum atomic E-state index is 11.1. The number of hydrazine groups is 1. The Morgan fingerprint density at radius 2 is 1.06 bits per heavy atom. The highest BCUT2D eigenvalue weighted by Crippen LogP contribution is 2.26. The van der Waals surface area contributed by atoms with Gasteiger partial charge in [0.25, 0.3) is 11.1 Å². The van der Waals surface area contributed by atoms with Crippen LogP contribution in [0.25, 0.3) is 11.0 Å². The number of benzene rings is 5. The summed E-state index contributed by atoms with van der Waals surface area (Å²) in [5.41, 5.74) is 18.4. The van der Waals surface area contributed by atoms with E-state index < -0.39 is 21.4 Å². The second-order valence-electron chi connectivity index (χ2n) is 22.7. The van der Waals surface area contributed by atoms with Crippen LogP contribution >= 0.6 is 70.8 Å². The summed E-state index contributed by atoms with van der Waals surface area (Å²) in [6.45, 7) is 13.4. The number of aromatic amines is 4. The molecule has 0 spiro atoms. The second kappa shape index (κ2) is 52.4. The summed E-state index contributed by atoms with van der Waals surface area (Å²) in [5, 5.41) is 12.3. The van der Waals surface area contributed by atoms with Gasteiger partial charge in [0.2, 0.25) is 10.0 Å². The van der Waals surface area contributed by atoms with Gasteiger partial charge in [-0.2, -0.15) is 58.8 Å². The van der Waals surface area contributed by atoms with Crippen LogP contribution < -0.4 is 75.4 Å². The van der Waals surface area contributed by atoms with Gasteiger partial charge in [-0.3, -0.25) is 35.1 Å². The van der Waals surface area contributed by atoms with E-state index in [2.05, 4.69) is 147 Å². The van der Waals surface area contributed by atoms with Crippen molar-refractivity contribution in [2.24, 2.45) is 5.73 Å². The predicted molar refractivity (Wildman–Crippen MR) is 428 cm³/mol. The maximum absolute atomic E-state index is 11.1. The quantitative estimate of drug-likeness (QED) is 0.0499. The standard InChI is InChI=1S/C9H6O2.C8H9N.C8H8O.C7H7NO2S.C7H7NS.C5H6N2O2.C4H7N3O.C4H4N2O2.C4H10N2.C4H9NS.C4H8OS.C4H8S2.C4H8S/c10-9-6-5-7-3-1-2-4-8(7)11-9;2*1-2-4-8-6-9-5-7(8)3-1;9-11(10)7-4-2-1-3-6(7)5-8-11;1-2-4-7-6(3-1)5-8-9-7;1-3-2-4(8)7-5(9)6-3;5-3-1-2-6-4(8)7-3;7-3-1-2-5-4(8)6-3;1-2-4-6-5-3-1;2*1-3-6-4-2-5-1;1-2-6-4-3-5-1;1-2-4-5-3-1/h1-6H;1-4,9H,5-6H2;1-4H,5-6H2;1-4,8H,5H2;1-4,8H,5H2;2H,1H3,(H2,6,7,8,9);1-3H,5H2,(H2,6,7,8);1-2H,(H2,5,6,7,8);5-6H,1-4H2;5H,1-4H2;2*1-4H2;1-4H2. The van der Waals surface area contributed by atoms with Crippen LogP contribution in [0.5, 0.6) is 0 Å². The van der Waals surface area contributed by atoms with E-state index in [0.29, 0.717) is 22.7 Å². The lowest BCUT2D eigenvalue weighted by Crippen LogP contribution is -2.47. The molecule has 5 aromatic carbocycles. The van der Waals surface area contributed by atoms with E-state index >= 15 is 0 Å². The van der Waals surface area contributed by atoms with Gasteiger partial charge in [0.05, 0.1) is 37.5 Å². The number of ether oxygens (including phenoxy) is 2. The van der Waals surface area contributed by atoms with Crippen molar-refractivity contribution in [1.29, 1.82) is 0 Å². The summed E-state index contributed by atoms with van der Waals surface area (Å²) in [4.78, 5) is 72.8. The number of nitrogens with two attached hydrogens (primary N) is 1. The van der Waals surface area contributed by atoms with Gasteiger partial charge in [0.1, 0.15) is 5.58 Å². The van der Waals surface area contributed by atoms with Gasteiger partial charge in [0.15, 0.2) is 0 Å². The summed E-state index contributed by atoms with van der Waals surface area (Å²) < 4.78 is 43.1. The van der Waals surface area contributed by atoms with Gasteiger partial charge >= 0.3 is 23.0 Å². The van der Waals surface area contributed by atoms with Crippen LogP contribution in [0.2, 0.25) is 0 Å². The Bertz CT molecular complexity index is 3800. The first kappa shape index (κ1) is 85.3. The molecule has 2 amide bonds. The molecular weight excluding hydrogens is 1450 g/mol. The Balaban J connectivity index is 0.000000176. The summed E-state index contributed by atoms with van der Waals surface area (Å²) >= 11 is 11.9. The number of sulfonamides is 1. The van der Waals surface area contributed by atoms with E-state index in [1.54, 1.807) is 49.2 Å². The van der Waals surface area contributed by atoms with Crippen molar-refractivity contribution in [2.45, 2.75) is 88.0 Å². The molecule has 24 nitrogen and oxygen atoms in total. The number of amides is 2. The van der Waals surface area contributed by atoms with Crippen LogP contribution in [0.15, 0.2) is 202 Å². The van der Waals surface area contributed by atoms with Crippen LogP contribution in [0.3, 0.4) is 0 Å². The van der Waals surface area contributed by atoms with E-state index in [4.69, 9.17) is 19.6 Å². The molecule has 0 bridgehead atoms. The molecule has 31 heteroatoms. The largest absolute Gasteiger partial charge is 0.423 e. The van der Waals surface area contributed by atoms with Crippen LogP contribution in [0.1, 0.15) is 64.8 Å². The zero-order chi connectivity index (χ0) is 73.2. The van der Waals surface area contributed by atoms with Crippen molar-refractivity contribution in [3.8, 4) is 0 Å². The van der Waals surface area contributed by atoms with E-state index in [1.165, 1.54) is 160 Å². The molecule has 18 rings (SSSR count). The molecule has 0 aliphatic carbocycles. The number of H-pyrrole nitrogens is 4. The molecule has 5 fully saturated rings. The number of fused-ring (bicyclic) bond motifs is 5. The molecule has 14 N–H and O–H groups in total. The lowest BCUT2D eigenvalue weighted by Gasteiger charge is -2.13. The maximum Gasteiger partial charge on any atom is 0.336 e. The Labute approximate surface area is 627 Å². The zero-order valence-corrected chi connectivity index (χ0v) is 63.7. The molecule has 5 saturated heterocycles. The van der Waals surface area contributed by atoms with Gasteiger partial charge in [-0.25, -0.2) is 32.3 Å². The fourth-order valence-corrected chi connectivity index (χ4v) is 16.2. The molecule has 10 aliphatic rings. The Morgan fingerprint density at radius 3 is 1.52 bits per heavy atom. The third-order valence-electron chi connectivity index (χ3n) is 14.6. The summed E-state index contributed by atoms with van der Waals surface area (Å²) in [7, 11) is -3.16. The highest BCUT2D eigenvalue weighted by atomic mass is 32.2. The summed E-state index contributed by atoms with van der Waals surface area (Å²) in [5.74, 6) is 13.4. The number of aromatic nitrogens is 4. The Hall–Kier alpha value is -6.63. The van der Waals surface area contributed by atoms with Crippen molar-refractivity contribution in [2.75, 3.05) is 96.9 Å². The minimum atomic E-state index is -3.16. The normalized spacial score (nSPS) is 17.6. The molecule has 13 heterocycles. The van der Waals surface area contributed by atoms with Crippen LogP contribution in [0.4, 0.5) is 4.79 Å². The van der Waals surface area contributed by atoms with Gasteiger partial charge in [0, 0.05) is 145 Å². The highest BCUT2D eigenvalue weighted by molar-refractivity contribution is 8.06. The summed E-state index contributed by atoms with van der Waals surface area (Å²) in [6.07, 6.45) is 9.71. The Kier molecular flexibility index (Phi) is 43.4. The van der Waals surface area contributed by atoms with Crippen molar-refractivity contribution < 1.29 is 27.1 Å². The monoisotopic (exact) mass is 1540 g/mol. The number of nitrogens with one attached hydrogen (secondary N) is 12.